The second-order valence-corrected chi connectivity index (χ2v) is 5.73. The summed E-state index contributed by atoms with van der Waals surface area (Å²) < 4.78 is 32.0. The lowest BCUT2D eigenvalue weighted by Crippen LogP contribution is -2.14. The first-order valence-electron chi connectivity index (χ1n) is 8.16. The molecule has 1 heterocycles. The van der Waals surface area contributed by atoms with E-state index in [4.69, 9.17) is 9.94 Å². The Bertz CT molecular complexity index is 1010. The van der Waals surface area contributed by atoms with Crippen LogP contribution in [0.4, 0.5) is 14.5 Å². The first-order valence-corrected chi connectivity index (χ1v) is 8.16. The molecular formula is C20H15F2N3O3. The van der Waals surface area contributed by atoms with Crippen LogP contribution in [0.5, 0.6) is 5.75 Å². The van der Waals surface area contributed by atoms with Gasteiger partial charge in [-0.3, -0.25) is 9.78 Å². The Labute approximate surface area is 159 Å². The number of hydrogen-bond acceptors (Lipinski definition) is 5. The summed E-state index contributed by atoms with van der Waals surface area (Å²) >= 11 is 0. The van der Waals surface area contributed by atoms with Crippen LogP contribution in [0.2, 0.25) is 0 Å². The molecule has 1 aromatic heterocycles. The van der Waals surface area contributed by atoms with Gasteiger partial charge >= 0.3 is 0 Å². The van der Waals surface area contributed by atoms with Crippen molar-refractivity contribution in [1.29, 1.82) is 0 Å². The van der Waals surface area contributed by atoms with E-state index >= 15 is 0 Å². The van der Waals surface area contributed by atoms with Gasteiger partial charge in [0, 0.05) is 6.20 Å². The Balaban J connectivity index is 1.84. The summed E-state index contributed by atoms with van der Waals surface area (Å²) in [5.41, 5.74) is 1.53. The van der Waals surface area contributed by atoms with Gasteiger partial charge in [-0.05, 0) is 53.6 Å². The number of pyridine rings is 1. The van der Waals surface area contributed by atoms with Crippen molar-refractivity contribution in [2.75, 3.05) is 5.32 Å². The molecule has 28 heavy (non-hydrogen) atoms. The van der Waals surface area contributed by atoms with Crippen molar-refractivity contribution in [1.82, 2.24) is 4.98 Å². The average molecular weight is 383 g/mol. The van der Waals surface area contributed by atoms with Crippen molar-refractivity contribution >= 4 is 17.8 Å². The van der Waals surface area contributed by atoms with Crippen molar-refractivity contribution in [3.05, 3.63) is 89.2 Å². The summed E-state index contributed by atoms with van der Waals surface area (Å²) in [4.78, 5) is 16.6. The molecular weight excluding hydrogens is 368 g/mol. The van der Waals surface area contributed by atoms with Crippen LogP contribution < -0.4 is 10.1 Å². The van der Waals surface area contributed by atoms with Gasteiger partial charge in [0.2, 0.25) is 0 Å². The van der Waals surface area contributed by atoms with Gasteiger partial charge in [0.1, 0.15) is 12.4 Å². The second-order valence-electron chi connectivity index (χ2n) is 5.73. The highest BCUT2D eigenvalue weighted by Gasteiger charge is 2.15. The van der Waals surface area contributed by atoms with Crippen LogP contribution >= 0.6 is 0 Å². The number of halogens is 2. The molecule has 0 unspecified atom stereocenters. The Morgan fingerprint density at radius 2 is 2.04 bits per heavy atom. The van der Waals surface area contributed by atoms with E-state index in [2.05, 4.69) is 15.5 Å². The van der Waals surface area contributed by atoms with Gasteiger partial charge in [0.15, 0.2) is 11.6 Å². The third-order valence-corrected chi connectivity index (χ3v) is 3.75. The van der Waals surface area contributed by atoms with Crippen LogP contribution in [0.25, 0.3) is 0 Å². The van der Waals surface area contributed by atoms with Gasteiger partial charge in [-0.1, -0.05) is 11.2 Å². The molecule has 0 fully saturated rings. The molecule has 2 N–H and O–H groups in total. The first-order chi connectivity index (χ1) is 13.6. The summed E-state index contributed by atoms with van der Waals surface area (Å²) in [6.07, 6.45) is 4.23. The number of carbonyl (C=O) groups excluding carboxylic acids is 1. The van der Waals surface area contributed by atoms with Crippen molar-refractivity contribution < 1.29 is 23.5 Å². The molecule has 0 radical (unpaired) electrons. The lowest BCUT2D eigenvalue weighted by atomic mass is 10.1. The molecule has 0 aliphatic carbocycles. The fraction of sp³-hybridized carbons (Fsp3) is 0.0500. The van der Waals surface area contributed by atoms with E-state index in [1.165, 1.54) is 30.6 Å². The highest BCUT2D eigenvalue weighted by atomic mass is 19.2. The fourth-order valence-corrected chi connectivity index (χ4v) is 2.42. The Morgan fingerprint density at radius 1 is 1.18 bits per heavy atom. The SMILES string of the molecule is O=C(Nc1cccnc1)c1cc(/C=N\O)ccc1OCc1ccc(F)c(F)c1. The number of aromatic nitrogens is 1. The fourth-order valence-electron chi connectivity index (χ4n) is 2.42. The number of carbonyl (C=O) groups is 1. The second kappa shape index (κ2) is 8.72. The van der Waals surface area contributed by atoms with E-state index < -0.39 is 17.5 Å². The molecule has 8 heteroatoms. The maximum Gasteiger partial charge on any atom is 0.259 e. The normalized spacial score (nSPS) is 10.8. The molecule has 0 saturated carbocycles. The highest BCUT2D eigenvalue weighted by Crippen LogP contribution is 2.23. The van der Waals surface area contributed by atoms with E-state index in [9.17, 15) is 13.6 Å². The molecule has 6 nitrogen and oxygen atoms in total. The predicted molar refractivity (Wildman–Crippen MR) is 98.7 cm³/mol. The van der Waals surface area contributed by atoms with Gasteiger partial charge in [0.05, 0.1) is 23.7 Å². The van der Waals surface area contributed by atoms with Crippen LogP contribution in [-0.4, -0.2) is 22.3 Å². The van der Waals surface area contributed by atoms with Gasteiger partial charge in [-0.25, -0.2) is 8.78 Å². The molecule has 142 valence electrons. The van der Waals surface area contributed by atoms with Gasteiger partial charge in [0.25, 0.3) is 5.91 Å². The minimum absolute atomic E-state index is 0.0716. The van der Waals surface area contributed by atoms with Crippen LogP contribution in [0, 0.1) is 11.6 Å². The Hall–Kier alpha value is -3.81. The van der Waals surface area contributed by atoms with Crippen molar-refractivity contribution in [2.24, 2.45) is 5.16 Å². The van der Waals surface area contributed by atoms with Crippen LogP contribution in [0.3, 0.4) is 0 Å². The zero-order valence-electron chi connectivity index (χ0n) is 14.5. The molecule has 1 amide bonds. The molecule has 0 bridgehead atoms. The Morgan fingerprint density at radius 3 is 2.75 bits per heavy atom. The minimum atomic E-state index is -0.981. The molecule has 0 atom stereocenters. The third kappa shape index (κ3) is 4.67. The van der Waals surface area contributed by atoms with Gasteiger partial charge in [-0.2, -0.15) is 0 Å². The number of nitrogens with zero attached hydrogens (tertiary/aromatic N) is 2. The van der Waals surface area contributed by atoms with E-state index in [1.807, 2.05) is 0 Å². The monoisotopic (exact) mass is 383 g/mol. The van der Waals surface area contributed by atoms with Gasteiger partial charge < -0.3 is 15.3 Å². The van der Waals surface area contributed by atoms with E-state index in [-0.39, 0.29) is 17.9 Å². The summed E-state index contributed by atoms with van der Waals surface area (Å²) in [6.45, 7) is -0.0716. The maximum atomic E-state index is 13.4. The largest absolute Gasteiger partial charge is 0.488 e. The van der Waals surface area contributed by atoms with E-state index in [0.717, 1.165) is 12.1 Å². The number of ether oxygens (including phenoxy) is 1. The smallest absolute Gasteiger partial charge is 0.259 e. The number of anilines is 1. The zero-order chi connectivity index (χ0) is 19.9. The number of benzene rings is 2. The number of nitrogens with one attached hydrogen (secondary N) is 1. The number of oxime groups is 1. The zero-order valence-corrected chi connectivity index (χ0v) is 14.5. The van der Waals surface area contributed by atoms with E-state index in [1.54, 1.807) is 24.4 Å². The summed E-state index contributed by atoms with van der Waals surface area (Å²) in [5, 5.41) is 14.3. The number of rotatable bonds is 6. The molecule has 0 spiro atoms. The highest BCUT2D eigenvalue weighted by molar-refractivity contribution is 6.07. The average Bonchev–Trinajstić information content (AvgIpc) is 2.70. The Kier molecular flexibility index (Phi) is 5.91. The number of hydrogen-bond donors (Lipinski definition) is 2. The van der Waals surface area contributed by atoms with E-state index in [0.29, 0.717) is 16.8 Å². The molecule has 3 aromatic rings. The molecule has 0 aliphatic rings. The molecule has 0 saturated heterocycles. The quantitative estimate of drug-likeness (QED) is 0.383. The topological polar surface area (TPSA) is 83.8 Å². The van der Waals surface area contributed by atoms with Crippen LogP contribution in [-0.2, 0) is 6.61 Å². The maximum absolute atomic E-state index is 13.4. The van der Waals surface area contributed by atoms with Crippen LogP contribution in [0.1, 0.15) is 21.5 Å². The third-order valence-electron chi connectivity index (χ3n) is 3.75. The molecule has 2 aromatic carbocycles. The molecule has 3 rings (SSSR count). The van der Waals surface area contributed by atoms with Crippen LogP contribution in [0.15, 0.2) is 66.1 Å². The summed E-state index contributed by atoms with van der Waals surface area (Å²) in [7, 11) is 0. The lowest BCUT2D eigenvalue weighted by molar-refractivity contribution is 0.102. The van der Waals surface area contributed by atoms with Crippen molar-refractivity contribution in [2.45, 2.75) is 6.61 Å². The summed E-state index contributed by atoms with van der Waals surface area (Å²) in [5.74, 6) is -2.18. The van der Waals surface area contributed by atoms with Gasteiger partial charge in [-0.15, -0.1) is 0 Å². The first kappa shape index (κ1) is 19.0. The lowest BCUT2D eigenvalue weighted by Gasteiger charge is -2.13. The predicted octanol–water partition coefficient (Wildman–Crippen LogP) is 4.00. The molecule has 0 aliphatic heterocycles. The number of amides is 1. The van der Waals surface area contributed by atoms with Crippen molar-refractivity contribution in [3.63, 3.8) is 0 Å². The van der Waals surface area contributed by atoms with Crippen molar-refractivity contribution in [3.8, 4) is 5.75 Å². The minimum Gasteiger partial charge on any atom is -0.488 e. The summed E-state index contributed by atoms with van der Waals surface area (Å²) in [6, 6.07) is 11.3. The standard InChI is InChI=1S/C20H15F2N3O3/c21-17-5-3-14(9-18(17)22)12-28-19-6-4-13(10-24-27)8-16(19)20(26)25-15-2-1-7-23-11-15/h1-11,27H,12H2,(H,25,26)/b24-10-.